The van der Waals surface area contributed by atoms with Crippen LogP contribution < -0.4 is 5.01 Å². The van der Waals surface area contributed by atoms with Gasteiger partial charge < -0.3 is 0 Å². The van der Waals surface area contributed by atoms with Crippen LogP contribution in [0.15, 0.2) is 79.0 Å². The number of benzene rings is 2. The molecule has 1 aromatic heterocycles. The van der Waals surface area contributed by atoms with Crippen LogP contribution in [0.2, 0.25) is 0 Å². The molecule has 3 aliphatic rings. The summed E-state index contributed by atoms with van der Waals surface area (Å²) in [6.07, 6.45) is 6.57. The van der Waals surface area contributed by atoms with Crippen molar-refractivity contribution in [2.75, 3.05) is 5.01 Å². The highest BCUT2D eigenvalue weighted by atomic mass is 16.2. The first-order valence-electron chi connectivity index (χ1n) is 10.4. The molecule has 6 heteroatoms. The quantitative estimate of drug-likeness (QED) is 0.490. The van der Waals surface area contributed by atoms with Gasteiger partial charge in [0.2, 0.25) is 0 Å². The standard InChI is InChI=1S/C25H19N3O3/c29-23(16-6-2-1-3-7-16)27(19-10-4-8-15-9-5-13-26-22(15)19)28-24(30)20-17-11-12-18(14-17)21(20)25(28)31/h1-13,17-18,20-21H,14H2/t17-,18+,20-,21-/m0/s1. The van der Waals surface area contributed by atoms with Gasteiger partial charge in [-0.05, 0) is 42.5 Å². The van der Waals surface area contributed by atoms with E-state index in [1.807, 2.05) is 42.5 Å². The number of carbonyl (C=O) groups is 3. The Bertz CT molecular complexity index is 1230. The van der Waals surface area contributed by atoms with E-state index in [0.29, 0.717) is 16.8 Å². The molecule has 4 atom stereocenters. The van der Waals surface area contributed by atoms with Crippen molar-refractivity contribution in [2.45, 2.75) is 6.42 Å². The lowest BCUT2D eigenvalue weighted by atomic mass is 9.85. The second-order valence-electron chi connectivity index (χ2n) is 8.32. The number of aromatic nitrogens is 1. The number of rotatable bonds is 3. The molecule has 0 radical (unpaired) electrons. The van der Waals surface area contributed by atoms with E-state index in [4.69, 9.17) is 0 Å². The molecule has 2 fully saturated rings. The number of fused-ring (bicyclic) bond motifs is 6. The summed E-state index contributed by atoms with van der Waals surface area (Å²) >= 11 is 0. The summed E-state index contributed by atoms with van der Waals surface area (Å²) in [5.41, 5.74) is 1.39. The molecule has 2 bridgehead atoms. The molecule has 0 N–H and O–H groups in total. The Labute approximate surface area is 178 Å². The number of anilines is 1. The molecule has 1 saturated carbocycles. The Balaban J connectivity index is 1.53. The van der Waals surface area contributed by atoms with Crippen molar-refractivity contribution in [3.05, 3.63) is 84.6 Å². The minimum absolute atomic E-state index is 0.0655. The van der Waals surface area contributed by atoms with Crippen LogP contribution in [0.25, 0.3) is 10.9 Å². The van der Waals surface area contributed by atoms with E-state index in [0.717, 1.165) is 16.8 Å². The van der Waals surface area contributed by atoms with Gasteiger partial charge in [0.25, 0.3) is 17.7 Å². The van der Waals surface area contributed by atoms with Gasteiger partial charge in [0.1, 0.15) is 0 Å². The van der Waals surface area contributed by atoms with E-state index in [9.17, 15) is 14.4 Å². The van der Waals surface area contributed by atoms with Crippen molar-refractivity contribution < 1.29 is 14.4 Å². The largest absolute Gasteiger partial charge is 0.277 e. The zero-order valence-corrected chi connectivity index (χ0v) is 16.6. The average molecular weight is 409 g/mol. The van der Waals surface area contributed by atoms with Crippen molar-refractivity contribution in [2.24, 2.45) is 23.7 Å². The smallest absolute Gasteiger partial charge is 0.272 e. The zero-order chi connectivity index (χ0) is 21.1. The topological polar surface area (TPSA) is 70.6 Å². The van der Waals surface area contributed by atoms with Gasteiger partial charge in [-0.2, -0.15) is 5.01 Å². The van der Waals surface area contributed by atoms with Crippen LogP contribution in [0.5, 0.6) is 0 Å². The molecule has 1 saturated heterocycles. The van der Waals surface area contributed by atoms with Gasteiger partial charge in [-0.15, -0.1) is 0 Å². The molecule has 0 spiro atoms. The van der Waals surface area contributed by atoms with Crippen LogP contribution in [-0.2, 0) is 9.59 Å². The molecule has 3 amide bonds. The summed E-state index contributed by atoms with van der Waals surface area (Å²) < 4.78 is 0. The van der Waals surface area contributed by atoms with Gasteiger partial charge in [-0.25, -0.2) is 5.01 Å². The fraction of sp³-hybridized carbons (Fsp3) is 0.200. The maximum atomic E-state index is 13.7. The summed E-state index contributed by atoms with van der Waals surface area (Å²) in [5.74, 6) is -1.69. The number of nitrogens with zero attached hydrogens (tertiary/aromatic N) is 3. The van der Waals surface area contributed by atoms with Gasteiger partial charge in [0.05, 0.1) is 23.0 Å². The van der Waals surface area contributed by atoms with E-state index in [-0.39, 0.29) is 23.7 Å². The lowest BCUT2D eigenvalue weighted by Crippen LogP contribution is -2.51. The van der Waals surface area contributed by atoms with Gasteiger partial charge in [0, 0.05) is 17.1 Å². The number of hydrogen-bond donors (Lipinski definition) is 0. The van der Waals surface area contributed by atoms with Crippen LogP contribution in [0.3, 0.4) is 0 Å². The minimum atomic E-state index is -0.430. The van der Waals surface area contributed by atoms with Gasteiger partial charge >= 0.3 is 0 Å². The van der Waals surface area contributed by atoms with Crippen molar-refractivity contribution in [1.29, 1.82) is 0 Å². The van der Waals surface area contributed by atoms with E-state index >= 15 is 0 Å². The van der Waals surface area contributed by atoms with E-state index < -0.39 is 17.7 Å². The van der Waals surface area contributed by atoms with Gasteiger partial charge in [0.15, 0.2) is 0 Å². The van der Waals surface area contributed by atoms with Crippen molar-refractivity contribution in [1.82, 2.24) is 9.99 Å². The molecule has 6 nitrogen and oxygen atoms in total. The molecule has 0 unspecified atom stereocenters. The fourth-order valence-electron chi connectivity index (χ4n) is 5.35. The first-order valence-corrected chi connectivity index (χ1v) is 10.4. The highest BCUT2D eigenvalue weighted by molar-refractivity contribution is 6.17. The van der Waals surface area contributed by atoms with Gasteiger partial charge in [-0.3, -0.25) is 19.4 Å². The monoisotopic (exact) mass is 409 g/mol. The Hall–Kier alpha value is -3.80. The summed E-state index contributed by atoms with van der Waals surface area (Å²) in [6.45, 7) is 0. The molecule has 31 heavy (non-hydrogen) atoms. The normalized spacial score (nSPS) is 26.0. The Morgan fingerprint density at radius 2 is 1.55 bits per heavy atom. The molecule has 152 valence electrons. The SMILES string of the molecule is O=C1[C@@H]2[C@@H](C(=O)N1N(C(=O)c1ccccc1)c1cccc3cccnc13)[C@H]1C=C[C@@H]2C1. The molecule has 6 rings (SSSR count). The third kappa shape index (κ3) is 2.51. The number of imide groups is 1. The van der Waals surface area contributed by atoms with E-state index in [1.165, 1.54) is 5.01 Å². The number of allylic oxidation sites excluding steroid dienone is 2. The predicted octanol–water partition coefficient (Wildman–Crippen LogP) is 3.60. The minimum Gasteiger partial charge on any atom is -0.272 e. The molecule has 3 aromatic rings. The summed E-state index contributed by atoms with van der Waals surface area (Å²) in [6, 6.07) is 17.9. The third-order valence-electron chi connectivity index (χ3n) is 6.70. The van der Waals surface area contributed by atoms with Crippen LogP contribution in [0, 0.1) is 23.7 Å². The Morgan fingerprint density at radius 3 is 2.26 bits per heavy atom. The van der Waals surface area contributed by atoms with Crippen molar-refractivity contribution >= 4 is 34.3 Å². The second kappa shape index (κ2) is 6.60. The first kappa shape index (κ1) is 18.0. The first-order chi connectivity index (χ1) is 15.1. The molecular weight excluding hydrogens is 390 g/mol. The molecule has 2 aromatic carbocycles. The van der Waals surface area contributed by atoms with Crippen LogP contribution >= 0.6 is 0 Å². The lowest BCUT2D eigenvalue weighted by Gasteiger charge is -2.31. The van der Waals surface area contributed by atoms with E-state index in [2.05, 4.69) is 4.98 Å². The van der Waals surface area contributed by atoms with E-state index in [1.54, 1.807) is 36.5 Å². The maximum Gasteiger partial charge on any atom is 0.277 e. The number of amides is 3. The molecular formula is C25H19N3O3. The number of pyridine rings is 1. The van der Waals surface area contributed by atoms with Gasteiger partial charge in [-0.1, -0.05) is 48.6 Å². The Morgan fingerprint density at radius 1 is 0.871 bits per heavy atom. The van der Waals surface area contributed by atoms with Crippen LogP contribution in [0.1, 0.15) is 16.8 Å². The third-order valence-corrected chi connectivity index (χ3v) is 6.70. The van der Waals surface area contributed by atoms with Crippen LogP contribution in [0.4, 0.5) is 5.69 Å². The maximum absolute atomic E-state index is 13.7. The summed E-state index contributed by atoms with van der Waals surface area (Å²) in [4.78, 5) is 45.2. The number of para-hydroxylation sites is 1. The molecule has 1 aliphatic heterocycles. The zero-order valence-electron chi connectivity index (χ0n) is 16.6. The number of hydrazine groups is 1. The number of hydrogen-bond acceptors (Lipinski definition) is 4. The van der Waals surface area contributed by atoms with Crippen molar-refractivity contribution in [3.63, 3.8) is 0 Å². The Kier molecular flexibility index (Phi) is 3.84. The van der Waals surface area contributed by atoms with Crippen molar-refractivity contribution in [3.8, 4) is 0 Å². The van der Waals surface area contributed by atoms with Crippen LogP contribution in [-0.4, -0.2) is 27.7 Å². The number of carbonyl (C=O) groups excluding carboxylic acids is 3. The average Bonchev–Trinajstić information content (AvgIpc) is 3.50. The second-order valence-corrected chi connectivity index (χ2v) is 8.32. The lowest BCUT2D eigenvalue weighted by molar-refractivity contribution is -0.141. The summed E-state index contributed by atoms with van der Waals surface area (Å²) in [5, 5.41) is 3.15. The predicted molar refractivity (Wildman–Crippen MR) is 115 cm³/mol. The summed E-state index contributed by atoms with van der Waals surface area (Å²) in [7, 11) is 0. The fourth-order valence-corrected chi connectivity index (χ4v) is 5.35. The molecule has 2 heterocycles. The molecule has 2 aliphatic carbocycles. The highest BCUT2D eigenvalue weighted by Gasteiger charge is 2.61. The highest BCUT2D eigenvalue weighted by Crippen LogP contribution is 2.53.